The maximum absolute atomic E-state index is 4.28. The molecule has 2 heterocycles. The fraction of sp³-hybridized carbons (Fsp3) is 0.375. The Kier molecular flexibility index (Phi) is 1.73. The summed E-state index contributed by atoms with van der Waals surface area (Å²) in [5, 5.41) is 0. The third-order valence-electron chi connectivity index (χ3n) is 1.83. The molecule has 0 aliphatic carbocycles. The molecule has 0 unspecified atom stereocenters. The van der Waals surface area contributed by atoms with Crippen molar-refractivity contribution in [1.29, 1.82) is 0 Å². The summed E-state index contributed by atoms with van der Waals surface area (Å²) in [5.41, 5.74) is 8.51. The Bertz CT molecular complexity index is 222. The highest BCUT2D eigenvalue weighted by atomic mass is 15.4. The summed E-state index contributed by atoms with van der Waals surface area (Å²) in [6.07, 6.45) is 4.05. The molecule has 0 saturated heterocycles. The summed E-state index contributed by atoms with van der Waals surface area (Å²) < 4.78 is 0. The molecule has 3 nitrogen and oxygen atoms in total. The maximum Gasteiger partial charge on any atom is 0.0703 e. The molecule has 0 amide bonds. The highest BCUT2D eigenvalue weighted by Gasteiger charge is 2.05. The first kappa shape index (κ1) is 6.61. The van der Waals surface area contributed by atoms with Crippen molar-refractivity contribution >= 4 is 5.69 Å². The molecule has 11 heavy (non-hydrogen) atoms. The molecule has 2 rings (SSSR count). The van der Waals surface area contributed by atoms with Gasteiger partial charge in [0.2, 0.25) is 0 Å². The van der Waals surface area contributed by atoms with E-state index in [-0.39, 0.29) is 0 Å². The molecule has 1 aromatic heterocycles. The fourth-order valence-corrected chi connectivity index (χ4v) is 1.25. The standard InChI is InChI=1S/C8H11N3/c1-4-8-7(9-5-1)3-2-6-10-11-8/h1,4-5,10-11H,2-3,6H2. The van der Waals surface area contributed by atoms with Crippen molar-refractivity contribution in [2.75, 3.05) is 12.0 Å². The van der Waals surface area contributed by atoms with E-state index in [1.54, 1.807) is 0 Å². The molecular weight excluding hydrogens is 138 g/mol. The predicted molar refractivity (Wildman–Crippen MR) is 44.2 cm³/mol. The molecule has 1 aromatic rings. The van der Waals surface area contributed by atoms with Gasteiger partial charge >= 0.3 is 0 Å². The average Bonchev–Trinajstić information content (AvgIpc) is 2.28. The van der Waals surface area contributed by atoms with Gasteiger partial charge in [0.25, 0.3) is 0 Å². The van der Waals surface area contributed by atoms with Crippen LogP contribution in [0.5, 0.6) is 0 Å². The third-order valence-corrected chi connectivity index (χ3v) is 1.83. The molecule has 0 atom stereocenters. The van der Waals surface area contributed by atoms with Gasteiger partial charge in [0.15, 0.2) is 0 Å². The first-order valence-electron chi connectivity index (χ1n) is 3.89. The summed E-state index contributed by atoms with van der Waals surface area (Å²) in [5.74, 6) is 0. The van der Waals surface area contributed by atoms with E-state index >= 15 is 0 Å². The molecule has 3 heteroatoms. The molecule has 0 radical (unpaired) electrons. The van der Waals surface area contributed by atoms with Crippen LogP contribution in [0.2, 0.25) is 0 Å². The van der Waals surface area contributed by atoms with Crippen LogP contribution >= 0.6 is 0 Å². The summed E-state index contributed by atoms with van der Waals surface area (Å²) in [7, 11) is 0. The molecule has 1 aliphatic rings. The molecular formula is C8H11N3. The van der Waals surface area contributed by atoms with Crippen molar-refractivity contribution in [2.24, 2.45) is 0 Å². The van der Waals surface area contributed by atoms with Gasteiger partial charge in [0.05, 0.1) is 11.4 Å². The Hall–Kier alpha value is -1.09. The van der Waals surface area contributed by atoms with Gasteiger partial charge in [-0.25, -0.2) is 5.43 Å². The van der Waals surface area contributed by atoms with Crippen molar-refractivity contribution in [3.05, 3.63) is 24.0 Å². The Morgan fingerprint density at radius 3 is 3.45 bits per heavy atom. The van der Waals surface area contributed by atoms with Gasteiger partial charge in [0.1, 0.15) is 0 Å². The van der Waals surface area contributed by atoms with Gasteiger partial charge in [0, 0.05) is 12.7 Å². The molecule has 0 fully saturated rings. The van der Waals surface area contributed by atoms with E-state index in [2.05, 4.69) is 15.8 Å². The molecule has 0 spiro atoms. The smallest absolute Gasteiger partial charge is 0.0703 e. The minimum atomic E-state index is 1.01. The van der Waals surface area contributed by atoms with E-state index in [0.29, 0.717) is 0 Å². The van der Waals surface area contributed by atoms with Gasteiger partial charge in [-0.15, -0.1) is 0 Å². The van der Waals surface area contributed by atoms with Crippen LogP contribution in [0.15, 0.2) is 18.3 Å². The number of hydrogen-bond acceptors (Lipinski definition) is 3. The highest BCUT2D eigenvalue weighted by molar-refractivity contribution is 5.47. The van der Waals surface area contributed by atoms with Crippen molar-refractivity contribution in [1.82, 2.24) is 10.4 Å². The minimum Gasteiger partial charge on any atom is -0.320 e. The van der Waals surface area contributed by atoms with Crippen LogP contribution in [0.1, 0.15) is 12.1 Å². The lowest BCUT2D eigenvalue weighted by Gasteiger charge is -2.04. The van der Waals surface area contributed by atoms with Crippen molar-refractivity contribution in [3.63, 3.8) is 0 Å². The Morgan fingerprint density at radius 1 is 1.45 bits per heavy atom. The normalized spacial score (nSPS) is 16.4. The number of hydrazine groups is 1. The van der Waals surface area contributed by atoms with E-state index in [4.69, 9.17) is 0 Å². The van der Waals surface area contributed by atoms with Crippen molar-refractivity contribution in [2.45, 2.75) is 12.8 Å². The lowest BCUT2D eigenvalue weighted by Crippen LogP contribution is -2.20. The molecule has 0 saturated carbocycles. The topological polar surface area (TPSA) is 37.0 Å². The van der Waals surface area contributed by atoms with Crippen molar-refractivity contribution in [3.8, 4) is 0 Å². The number of aromatic nitrogens is 1. The number of nitrogens with one attached hydrogen (secondary N) is 2. The van der Waals surface area contributed by atoms with Crippen LogP contribution in [-0.4, -0.2) is 11.5 Å². The number of nitrogens with zero attached hydrogens (tertiary/aromatic N) is 1. The average molecular weight is 149 g/mol. The van der Waals surface area contributed by atoms with Crippen LogP contribution in [0.4, 0.5) is 5.69 Å². The van der Waals surface area contributed by atoms with Crippen LogP contribution in [-0.2, 0) is 6.42 Å². The van der Waals surface area contributed by atoms with Crippen LogP contribution in [0, 0.1) is 0 Å². The molecule has 0 bridgehead atoms. The van der Waals surface area contributed by atoms with Gasteiger partial charge in [-0.05, 0) is 25.0 Å². The number of rotatable bonds is 0. The van der Waals surface area contributed by atoms with Gasteiger partial charge < -0.3 is 5.43 Å². The molecule has 58 valence electrons. The number of aryl methyl sites for hydroxylation is 1. The second kappa shape index (κ2) is 2.88. The minimum absolute atomic E-state index is 1.01. The summed E-state index contributed by atoms with van der Waals surface area (Å²) in [6.45, 7) is 1.01. The monoisotopic (exact) mass is 149 g/mol. The largest absolute Gasteiger partial charge is 0.320 e. The number of fused-ring (bicyclic) bond motifs is 1. The van der Waals surface area contributed by atoms with E-state index in [1.165, 1.54) is 0 Å². The Morgan fingerprint density at radius 2 is 2.45 bits per heavy atom. The van der Waals surface area contributed by atoms with Gasteiger partial charge in [-0.1, -0.05) is 0 Å². The summed E-state index contributed by atoms with van der Waals surface area (Å²) in [6, 6.07) is 3.99. The first-order chi connectivity index (χ1) is 5.47. The van der Waals surface area contributed by atoms with Crippen LogP contribution < -0.4 is 10.9 Å². The second-order valence-electron chi connectivity index (χ2n) is 2.65. The van der Waals surface area contributed by atoms with Crippen LogP contribution in [0.25, 0.3) is 0 Å². The second-order valence-corrected chi connectivity index (χ2v) is 2.65. The number of hydrogen-bond donors (Lipinski definition) is 2. The van der Waals surface area contributed by atoms with Crippen LogP contribution in [0.3, 0.4) is 0 Å². The predicted octanol–water partition coefficient (Wildman–Crippen LogP) is 0.944. The lowest BCUT2D eigenvalue weighted by atomic mass is 10.2. The summed E-state index contributed by atoms with van der Waals surface area (Å²) >= 11 is 0. The zero-order chi connectivity index (χ0) is 7.52. The van der Waals surface area contributed by atoms with Gasteiger partial charge in [-0.3, -0.25) is 4.98 Å². The lowest BCUT2D eigenvalue weighted by molar-refractivity contribution is 0.736. The van der Waals surface area contributed by atoms with E-state index in [0.717, 1.165) is 30.8 Å². The Balaban J connectivity index is 2.33. The Labute approximate surface area is 65.8 Å². The number of pyridine rings is 1. The fourth-order valence-electron chi connectivity index (χ4n) is 1.25. The van der Waals surface area contributed by atoms with Gasteiger partial charge in [-0.2, -0.15) is 0 Å². The first-order valence-corrected chi connectivity index (χ1v) is 3.89. The quantitative estimate of drug-likeness (QED) is 0.576. The third kappa shape index (κ3) is 1.33. The number of anilines is 1. The zero-order valence-electron chi connectivity index (χ0n) is 6.30. The van der Waals surface area contributed by atoms with Crippen molar-refractivity contribution < 1.29 is 0 Å². The molecule has 0 aromatic carbocycles. The highest BCUT2D eigenvalue weighted by Crippen LogP contribution is 2.14. The van der Waals surface area contributed by atoms with E-state index < -0.39 is 0 Å². The van der Waals surface area contributed by atoms with E-state index in [1.807, 2.05) is 18.3 Å². The zero-order valence-corrected chi connectivity index (χ0v) is 6.30. The van der Waals surface area contributed by atoms with E-state index in [9.17, 15) is 0 Å². The SMILES string of the molecule is c1cnc2c(c1)NNCCC2. The maximum atomic E-state index is 4.28. The summed E-state index contributed by atoms with van der Waals surface area (Å²) in [4.78, 5) is 4.28. The molecule has 1 aliphatic heterocycles. The molecule has 2 N–H and O–H groups in total.